The molecule has 4 rings (SSSR count). The van der Waals surface area contributed by atoms with Crippen LogP contribution in [0.3, 0.4) is 0 Å². The molecule has 120 valence electrons. The molecule has 0 fully saturated rings. The summed E-state index contributed by atoms with van der Waals surface area (Å²) >= 11 is 6.49. The number of carbonyl (C=O) groups is 1. The minimum Gasteiger partial charge on any atom is -0.322 e. The van der Waals surface area contributed by atoms with Gasteiger partial charge in [0.1, 0.15) is 5.82 Å². The van der Waals surface area contributed by atoms with E-state index in [4.69, 9.17) is 11.6 Å². The molecule has 1 N–H and O–H groups in total. The number of carbonyl (C=O) groups excluding carboxylic acids is 1. The van der Waals surface area contributed by atoms with E-state index >= 15 is 0 Å². The van der Waals surface area contributed by atoms with Crippen molar-refractivity contribution in [3.8, 4) is 0 Å². The van der Waals surface area contributed by atoms with Crippen LogP contribution in [0.25, 0.3) is 10.9 Å². The van der Waals surface area contributed by atoms with Gasteiger partial charge in [0.25, 0.3) is 5.91 Å². The third-order valence-electron chi connectivity index (χ3n) is 4.31. The molecule has 5 heteroatoms. The molecule has 0 radical (unpaired) electrons. The summed E-state index contributed by atoms with van der Waals surface area (Å²) in [5.74, 6) is -0.603. The maximum Gasteiger partial charge on any atom is 0.255 e. The highest BCUT2D eigenvalue weighted by Crippen LogP contribution is 2.33. The second-order valence-corrected chi connectivity index (χ2v) is 6.28. The third-order valence-corrected chi connectivity index (χ3v) is 4.74. The van der Waals surface area contributed by atoms with Gasteiger partial charge >= 0.3 is 0 Å². The van der Waals surface area contributed by atoms with Gasteiger partial charge in [-0.2, -0.15) is 0 Å². The van der Waals surface area contributed by atoms with Crippen molar-refractivity contribution in [2.24, 2.45) is 0 Å². The van der Waals surface area contributed by atoms with E-state index in [2.05, 4.69) is 10.3 Å². The minimum absolute atomic E-state index is 0.262. The number of amides is 1. The highest BCUT2D eigenvalue weighted by Gasteiger charge is 2.19. The molecule has 0 spiro atoms. The number of rotatable bonds is 2. The van der Waals surface area contributed by atoms with E-state index < -0.39 is 0 Å². The Kier molecular flexibility index (Phi) is 3.69. The number of fused-ring (bicyclic) bond motifs is 2. The van der Waals surface area contributed by atoms with Crippen LogP contribution in [-0.4, -0.2) is 10.9 Å². The van der Waals surface area contributed by atoms with Crippen LogP contribution in [0.1, 0.15) is 28.0 Å². The first-order valence-electron chi connectivity index (χ1n) is 7.80. The molecule has 1 aliphatic carbocycles. The van der Waals surface area contributed by atoms with Gasteiger partial charge < -0.3 is 5.32 Å². The maximum atomic E-state index is 12.9. The number of halogens is 2. The molecule has 0 aliphatic heterocycles. The largest absolute Gasteiger partial charge is 0.322 e. The molecule has 2 aromatic carbocycles. The lowest BCUT2D eigenvalue weighted by Gasteiger charge is -2.09. The summed E-state index contributed by atoms with van der Waals surface area (Å²) in [6.07, 6.45) is 2.96. The van der Waals surface area contributed by atoms with Crippen LogP contribution in [0.15, 0.2) is 42.5 Å². The first kappa shape index (κ1) is 15.1. The van der Waals surface area contributed by atoms with E-state index in [9.17, 15) is 9.18 Å². The van der Waals surface area contributed by atoms with E-state index in [-0.39, 0.29) is 11.7 Å². The zero-order valence-corrected chi connectivity index (χ0v) is 13.5. The molecular formula is C19H14ClFN2O. The van der Waals surface area contributed by atoms with Gasteiger partial charge in [-0.3, -0.25) is 9.78 Å². The van der Waals surface area contributed by atoms with Crippen molar-refractivity contribution in [1.82, 2.24) is 4.98 Å². The minimum atomic E-state index is -0.341. The van der Waals surface area contributed by atoms with Crippen molar-refractivity contribution in [3.05, 3.63) is 70.1 Å². The first-order chi connectivity index (χ1) is 11.6. The quantitative estimate of drug-likeness (QED) is 0.730. The van der Waals surface area contributed by atoms with Crippen LogP contribution < -0.4 is 5.32 Å². The summed E-state index contributed by atoms with van der Waals surface area (Å²) in [6.45, 7) is 0. The Morgan fingerprint density at radius 3 is 2.71 bits per heavy atom. The lowest BCUT2D eigenvalue weighted by Crippen LogP contribution is -2.12. The van der Waals surface area contributed by atoms with Crippen LogP contribution in [0, 0.1) is 5.82 Å². The number of hydrogen-bond acceptors (Lipinski definition) is 2. The summed E-state index contributed by atoms with van der Waals surface area (Å²) in [5.41, 5.74) is 3.93. The van der Waals surface area contributed by atoms with Crippen LogP contribution in [-0.2, 0) is 12.8 Å². The molecule has 24 heavy (non-hydrogen) atoms. The zero-order chi connectivity index (χ0) is 16.7. The van der Waals surface area contributed by atoms with E-state index in [1.54, 1.807) is 12.1 Å². The lowest BCUT2D eigenvalue weighted by molar-refractivity contribution is 0.102. The second kappa shape index (κ2) is 5.87. The number of pyridine rings is 1. The zero-order valence-electron chi connectivity index (χ0n) is 12.8. The SMILES string of the molecule is O=C(Nc1ccc(F)cc1)c1ccc2c(Cl)c3c(nc2c1)CCC3. The van der Waals surface area contributed by atoms with Crippen molar-refractivity contribution in [2.45, 2.75) is 19.3 Å². The lowest BCUT2D eigenvalue weighted by atomic mass is 10.1. The topological polar surface area (TPSA) is 42.0 Å². The van der Waals surface area contributed by atoms with E-state index in [1.807, 2.05) is 6.07 Å². The van der Waals surface area contributed by atoms with E-state index in [0.717, 1.165) is 46.4 Å². The predicted molar refractivity (Wildman–Crippen MR) is 93.1 cm³/mol. The highest BCUT2D eigenvalue weighted by atomic mass is 35.5. The number of aryl methyl sites for hydroxylation is 1. The molecule has 0 unspecified atom stereocenters. The molecule has 3 nitrogen and oxygen atoms in total. The average molecular weight is 341 g/mol. The third kappa shape index (κ3) is 2.63. The predicted octanol–water partition coefficient (Wildman–Crippen LogP) is 4.77. The Labute approximate surface area is 143 Å². The molecule has 1 amide bonds. The molecule has 0 atom stereocenters. The van der Waals surface area contributed by atoms with Crippen LogP contribution in [0.4, 0.5) is 10.1 Å². The van der Waals surface area contributed by atoms with Gasteiger partial charge in [-0.15, -0.1) is 0 Å². The number of benzene rings is 2. The van der Waals surface area contributed by atoms with Crippen molar-refractivity contribution in [2.75, 3.05) is 5.32 Å². The van der Waals surface area contributed by atoms with Crippen molar-refractivity contribution in [1.29, 1.82) is 0 Å². The van der Waals surface area contributed by atoms with Gasteiger partial charge in [0, 0.05) is 22.3 Å². The van der Waals surface area contributed by atoms with Gasteiger partial charge in [0.05, 0.1) is 10.5 Å². The summed E-state index contributed by atoms with van der Waals surface area (Å²) in [4.78, 5) is 17.1. The molecule has 0 saturated heterocycles. The number of anilines is 1. The fourth-order valence-electron chi connectivity index (χ4n) is 3.08. The van der Waals surface area contributed by atoms with Crippen molar-refractivity contribution >= 4 is 34.1 Å². The summed E-state index contributed by atoms with van der Waals surface area (Å²) in [6, 6.07) is 11.0. The Morgan fingerprint density at radius 1 is 1.12 bits per heavy atom. The molecular weight excluding hydrogens is 327 g/mol. The molecule has 3 aromatic rings. The van der Waals surface area contributed by atoms with Gasteiger partial charge in [-0.25, -0.2) is 4.39 Å². The molecule has 1 aromatic heterocycles. The Hall–Kier alpha value is -2.46. The fourth-order valence-corrected chi connectivity index (χ4v) is 3.45. The second-order valence-electron chi connectivity index (χ2n) is 5.90. The average Bonchev–Trinajstić information content (AvgIpc) is 3.05. The van der Waals surface area contributed by atoms with Gasteiger partial charge in [0.15, 0.2) is 0 Å². The normalized spacial score (nSPS) is 13.1. The van der Waals surface area contributed by atoms with Crippen LogP contribution in [0.5, 0.6) is 0 Å². The molecule has 0 bridgehead atoms. The van der Waals surface area contributed by atoms with Crippen molar-refractivity contribution in [3.63, 3.8) is 0 Å². The monoisotopic (exact) mass is 340 g/mol. The molecule has 1 aliphatic rings. The van der Waals surface area contributed by atoms with Crippen LogP contribution >= 0.6 is 11.6 Å². The van der Waals surface area contributed by atoms with E-state index in [1.165, 1.54) is 24.3 Å². The van der Waals surface area contributed by atoms with Gasteiger partial charge in [-0.1, -0.05) is 17.7 Å². The summed E-state index contributed by atoms with van der Waals surface area (Å²) in [5, 5.41) is 4.37. The van der Waals surface area contributed by atoms with Crippen LogP contribution in [0.2, 0.25) is 5.02 Å². The number of hydrogen-bond donors (Lipinski definition) is 1. The van der Waals surface area contributed by atoms with Crippen molar-refractivity contribution < 1.29 is 9.18 Å². The highest BCUT2D eigenvalue weighted by molar-refractivity contribution is 6.36. The number of nitrogens with one attached hydrogen (secondary N) is 1. The standard InChI is InChI=1S/C19H14ClFN2O/c20-18-14-2-1-3-16(14)23-17-10-11(4-9-15(17)18)19(24)22-13-7-5-12(21)6-8-13/h4-10H,1-3H2,(H,22,24). The summed E-state index contributed by atoms with van der Waals surface area (Å²) < 4.78 is 12.9. The van der Waals surface area contributed by atoms with Gasteiger partial charge in [0.2, 0.25) is 0 Å². The molecule has 0 saturated carbocycles. The fraction of sp³-hybridized carbons (Fsp3) is 0.158. The Balaban J connectivity index is 1.68. The van der Waals surface area contributed by atoms with Gasteiger partial charge in [-0.05, 0) is 61.2 Å². The maximum absolute atomic E-state index is 12.9. The summed E-state index contributed by atoms with van der Waals surface area (Å²) in [7, 11) is 0. The number of nitrogens with zero attached hydrogens (tertiary/aromatic N) is 1. The first-order valence-corrected chi connectivity index (χ1v) is 8.17. The smallest absolute Gasteiger partial charge is 0.255 e. The molecule has 1 heterocycles. The Bertz CT molecular complexity index is 954. The number of aromatic nitrogens is 1. The Morgan fingerprint density at radius 2 is 1.92 bits per heavy atom. The van der Waals surface area contributed by atoms with E-state index in [0.29, 0.717) is 11.3 Å².